The molecule has 86 valence electrons. The number of carbonyl (C=O) groups is 2. The van der Waals surface area contributed by atoms with Gasteiger partial charge in [0.15, 0.2) is 0 Å². The topological polar surface area (TPSA) is 63.6 Å². The summed E-state index contributed by atoms with van der Waals surface area (Å²) >= 11 is 0. The van der Waals surface area contributed by atoms with Crippen LogP contribution in [0.3, 0.4) is 0 Å². The Kier molecular flexibility index (Phi) is 3.55. The first-order chi connectivity index (χ1) is 7.49. The summed E-state index contributed by atoms with van der Waals surface area (Å²) in [6.45, 7) is 0. The summed E-state index contributed by atoms with van der Waals surface area (Å²) in [5.41, 5.74) is -1.25. The molecule has 0 aliphatic heterocycles. The normalized spacial score (nSPS) is 10.2. The number of carboxylic acid groups (broad SMARTS) is 1. The van der Waals surface area contributed by atoms with E-state index in [9.17, 15) is 18.4 Å². The van der Waals surface area contributed by atoms with Crippen molar-refractivity contribution in [2.24, 2.45) is 0 Å². The zero-order valence-electron chi connectivity index (χ0n) is 8.24. The lowest BCUT2D eigenvalue weighted by molar-refractivity contribution is -0.131. The number of benzene rings is 1. The second kappa shape index (κ2) is 4.69. The van der Waals surface area contributed by atoms with Crippen LogP contribution in [-0.2, 0) is 4.79 Å². The van der Waals surface area contributed by atoms with E-state index in [0.29, 0.717) is 0 Å². The number of ketones is 1. The first kappa shape index (κ1) is 12.1. The molecule has 1 rings (SSSR count). The van der Waals surface area contributed by atoms with E-state index in [-0.39, 0.29) is 5.75 Å². The number of carboxylic acids is 1. The van der Waals surface area contributed by atoms with Crippen molar-refractivity contribution in [3.05, 3.63) is 29.3 Å². The number of Topliss-reactive ketones (excluding diaryl/α,β-unsaturated/α-hetero) is 1. The van der Waals surface area contributed by atoms with Gasteiger partial charge in [0, 0.05) is 5.56 Å². The largest absolute Gasteiger partial charge is 0.496 e. The van der Waals surface area contributed by atoms with Gasteiger partial charge >= 0.3 is 5.97 Å². The molecule has 0 amide bonds. The predicted octanol–water partition coefficient (Wildman–Crippen LogP) is 1.90. The van der Waals surface area contributed by atoms with E-state index >= 15 is 0 Å². The molecule has 4 nitrogen and oxygen atoms in total. The van der Waals surface area contributed by atoms with Crippen LogP contribution >= 0.6 is 0 Å². The number of hydrogen-bond donors (Lipinski definition) is 1. The van der Waals surface area contributed by atoms with Crippen LogP contribution in [0.2, 0.25) is 0 Å². The third-order valence-electron chi connectivity index (χ3n) is 1.93. The van der Waals surface area contributed by atoms with Crippen molar-refractivity contribution in [2.75, 3.05) is 7.11 Å². The Bertz CT molecular complexity index is 429. The average Bonchev–Trinajstić information content (AvgIpc) is 2.26. The molecule has 0 aliphatic carbocycles. The quantitative estimate of drug-likeness (QED) is 0.633. The molecule has 0 bridgehead atoms. The fourth-order valence-electron chi connectivity index (χ4n) is 1.25. The standard InChI is InChI=1S/C10H8F2O4/c1-16-6-4-2-3-5(9(11)12)7(6)8(13)10(14)15/h2-4,9H,1H3,(H,14,15). The number of halogens is 2. The molecular weight excluding hydrogens is 222 g/mol. The first-order valence-electron chi connectivity index (χ1n) is 4.21. The van der Waals surface area contributed by atoms with Crippen LogP contribution in [0, 0.1) is 0 Å². The number of rotatable bonds is 4. The fourth-order valence-corrected chi connectivity index (χ4v) is 1.25. The minimum Gasteiger partial charge on any atom is -0.496 e. The predicted molar refractivity (Wildman–Crippen MR) is 49.9 cm³/mol. The second-order valence-electron chi connectivity index (χ2n) is 2.86. The van der Waals surface area contributed by atoms with Gasteiger partial charge in [-0.05, 0) is 6.07 Å². The summed E-state index contributed by atoms with van der Waals surface area (Å²) in [5, 5.41) is 8.51. The number of alkyl halides is 2. The average molecular weight is 230 g/mol. The van der Waals surface area contributed by atoms with Gasteiger partial charge in [0.1, 0.15) is 5.75 Å². The number of ether oxygens (including phenoxy) is 1. The highest BCUT2D eigenvalue weighted by Gasteiger charge is 2.26. The van der Waals surface area contributed by atoms with Gasteiger partial charge in [-0.2, -0.15) is 0 Å². The highest BCUT2D eigenvalue weighted by molar-refractivity contribution is 6.41. The molecule has 0 atom stereocenters. The molecule has 0 heterocycles. The van der Waals surface area contributed by atoms with Crippen molar-refractivity contribution >= 4 is 11.8 Å². The summed E-state index contributed by atoms with van der Waals surface area (Å²) in [5.74, 6) is -3.38. The Labute approximate surface area is 89.5 Å². The van der Waals surface area contributed by atoms with Gasteiger partial charge in [0.2, 0.25) is 0 Å². The van der Waals surface area contributed by atoms with Gasteiger partial charge in [-0.15, -0.1) is 0 Å². The van der Waals surface area contributed by atoms with Crippen LogP contribution in [0.1, 0.15) is 22.3 Å². The Morgan fingerprint density at radius 2 is 2.00 bits per heavy atom. The summed E-state index contributed by atoms with van der Waals surface area (Å²) in [6.07, 6.45) is -2.94. The monoisotopic (exact) mass is 230 g/mol. The molecule has 1 aromatic rings. The lowest BCUT2D eigenvalue weighted by Gasteiger charge is -2.10. The van der Waals surface area contributed by atoms with E-state index in [1.807, 2.05) is 0 Å². The van der Waals surface area contributed by atoms with Crippen LogP contribution in [0.5, 0.6) is 5.75 Å². The smallest absolute Gasteiger partial charge is 0.377 e. The fraction of sp³-hybridized carbons (Fsp3) is 0.200. The van der Waals surface area contributed by atoms with E-state index in [2.05, 4.69) is 4.74 Å². The maximum atomic E-state index is 12.6. The van der Waals surface area contributed by atoms with Gasteiger partial charge < -0.3 is 9.84 Å². The van der Waals surface area contributed by atoms with E-state index in [0.717, 1.165) is 6.07 Å². The molecule has 16 heavy (non-hydrogen) atoms. The van der Waals surface area contributed by atoms with E-state index in [1.165, 1.54) is 19.2 Å². The Morgan fingerprint density at radius 1 is 1.38 bits per heavy atom. The summed E-state index contributed by atoms with van der Waals surface area (Å²) < 4.78 is 29.8. The van der Waals surface area contributed by atoms with Crippen molar-refractivity contribution in [1.29, 1.82) is 0 Å². The molecule has 0 saturated carbocycles. The Balaban J connectivity index is 3.41. The first-order valence-corrected chi connectivity index (χ1v) is 4.21. The molecule has 0 aliphatic rings. The highest BCUT2D eigenvalue weighted by Crippen LogP contribution is 2.30. The van der Waals surface area contributed by atoms with Crippen molar-refractivity contribution in [1.82, 2.24) is 0 Å². The van der Waals surface area contributed by atoms with Crippen LogP contribution in [0.15, 0.2) is 18.2 Å². The maximum Gasteiger partial charge on any atom is 0.377 e. The van der Waals surface area contributed by atoms with Crippen LogP contribution in [0.4, 0.5) is 8.78 Å². The van der Waals surface area contributed by atoms with Gasteiger partial charge in [-0.1, -0.05) is 12.1 Å². The van der Waals surface area contributed by atoms with E-state index in [1.54, 1.807) is 0 Å². The molecule has 1 aromatic carbocycles. The van der Waals surface area contributed by atoms with Crippen LogP contribution in [-0.4, -0.2) is 24.0 Å². The number of hydrogen-bond acceptors (Lipinski definition) is 3. The summed E-state index contributed by atoms with van der Waals surface area (Å²) in [6, 6.07) is 3.50. The van der Waals surface area contributed by atoms with E-state index < -0.39 is 29.3 Å². The van der Waals surface area contributed by atoms with Crippen molar-refractivity contribution < 1.29 is 28.2 Å². The SMILES string of the molecule is COc1cccc(C(F)F)c1C(=O)C(=O)O. The number of carbonyl (C=O) groups excluding carboxylic acids is 1. The Hall–Kier alpha value is -1.98. The lowest BCUT2D eigenvalue weighted by Crippen LogP contribution is -2.16. The van der Waals surface area contributed by atoms with Gasteiger partial charge in [-0.3, -0.25) is 4.79 Å². The molecule has 0 spiro atoms. The third kappa shape index (κ3) is 2.16. The lowest BCUT2D eigenvalue weighted by atomic mass is 10.0. The molecule has 0 saturated heterocycles. The molecular formula is C10H8F2O4. The molecule has 0 fully saturated rings. The third-order valence-corrected chi connectivity index (χ3v) is 1.93. The van der Waals surface area contributed by atoms with Crippen molar-refractivity contribution in [3.63, 3.8) is 0 Å². The molecule has 1 N–H and O–H groups in total. The minimum atomic E-state index is -2.94. The van der Waals surface area contributed by atoms with Gasteiger partial charge in [-0.25, -0.2) is 13.6 Å². The second-order valence-corrected chi connectivity index (χ2v) is 2.86. The van der Waals surface area contributed by atoms with Crippen molar-refractivity contribution in [2.45, 2.75) is 6.43 Å². The molecule has 0 radical (unpaired) electrons. The van der Waals surface area contributed by atoms with Crippen LogP contribution < -0.4 is 4.74 Å². The maximum absolute atomic E-state index is 12.6. The molecule has 0 unspecified atom stereocenters. The zero-order chi connectivity index (χ0) is 12.3. The number of aliphatic carboxylic acids is 1. The number of methoxy groups -OCH3 is 1. The Morgan fingerprint density at radius 3 is 2.44 bits per heavy atom. The van der Waals surface area contributed by atoms with Gasteiger partial charge in [0.05, 0.1) is 12.7 Å². The molecule has 0 aromatic heterocycles. The molecule has 6 heteroatoms. The van der Waals surface area contributed by atoms with E-state index in [4.69, 9.17) is 5.11 Å². The van der Waals surface area contributed by atoms with Gasteiger partial charge in [0.25, 0.3) is 12.2 Å². The van der Waals surface area contributed by atoms with Crippen molar-refractivity contribution in [3.8, 4) is 5.75 Å². The highest BCUT2D eigenvalue weighted by atomic mass is 19.3. The summed E-state index contributed by atoms with van der Waals surface area (Å²) in [4.78, 5) is 21.7. The minimum absolute atomic E-state index is 0.176. The zero-order valence-corrected chi connectivity index (χ0v) is 8.24. The summed E-state index contributed by atoms with van der Waals surface area (Å²) in [7, 11) is 1.17. The van der Waals surface area contributed by atoms with Crippen LogP contribution in [0.25, 0.3) is 0 Å².